The fraction of sp³-hybridized carbons (Fsp3) is 0.316. The standard InChI is InChI=1S/C19H20N2O3S/c1-5-24-19(23)16-12(4)15-17(22)20-14(21-18(15)25-16)9-13-7-10(2)6-11(3)8-13/h6-8H,5,9H2,1-4H3,(H,20,21,22). The van der Waals surface area contributed by atoms with Crippen LogP contribution in [0, 0.1) is 20.8 Å². The average Bonchev–Trinajstić information content (AvgIpc) is 2.83. The second-order valence-electron chi connectivity index (χ2n) is 6.14. The number of nitrogens with zero attached hydrogens (tertiary/aromatic N) is 1. The van der Waals surface area contributed by atoms with Gasteiger partial charge in [-0.25, -0.2) is 4.79 Å². The van der Waals surface area contributed by atoms with E-state index >= 15 is 0 Å². The molecule has 3 aromatic rings. The van der Waals surface area contributed by atoms with Gasteiger partial charge in [-0.15, -0.1) is 11.3 Å². The third-order valence-electron chi connectivity index (χ3n) is 3.97. The molecule has 6 heteroatoms. The number of hydrogen-bond acceptors (Lipinski definition) is 5. The highest BCUT2D eigenvalue weighted by molar-refractivity contribution is 7.20. The van der Waals surface area contributed by atoms with E-state index in [1.54, 1.807) is 13.8 Å². The molecule has 0 aliphatic heterocycles. The summed E-state index contributed by atoms with van der Waals surface area (Å²) in [6.07, 6.45) is 0.541. The van der Waals surface area contributed by atoms with Gasteiger partial charge in [-0.1, -0.05) is 29.3 Å². The molecule has 1 aromatic carbocycles. The fourth-order valence-corrected chi connectivity index (χ4v) is 4.15. The molecule has 0 atom stereocenters. The van der Waals surface area contributed by atoms with Crippen LogP contribution in [0.4, 0.5) is 0 Å². The van der Waals surface area contributed by atoms with Gasteiger partial charge in [0.05, 0.1) is 12.0 Å². The van der Waals surface area contributed by atoms with Gasteiger partial charge in [0.25, 0.3) is 5.56 Å². The number of H-pyrrole nitrogens is 1. The number of aryl methyl sites for hydroxylation is 3. The highest BCUT2D eigenvalue weighted by Gasteiger charge is 2.20. The van der Waals surface area contributed by atoms with Gasteiger partial charge in [0.2, 0.25) is 0 Å². The summed E-state index contributed by atoms with van der Waals surface area (Å²) in [4.78, 5) is 33.0. The van der Waals surface area contributed by atoms with E-state index in [1.807, 2.05) is 13.8 Å². The van der Waals surface area contributed by atoms with E-state index in [2.05, 4.69) is 28.2 Å². The van der Waals surface area contributed by atoms with Crippen molar-refractivity contribution in [1.82, 2.24) is 9.97 Å². The van der Waals surface area contributed by atoms with E-state index in [0.717, 1.165) is 5.56 Å². The molecule has 0 saturated heterocycles. The summed E-state index contributed by atoms with van der Waals surface area (Å²) in [6.45, 7) is 7.91. The maximum Gasteiger partial charge on any atom is 0.348 e. The van der Waals surface area contributed by atoms with Crippen molar-refractivity contribution in [1.29, 1.82) is 0 Å². The second kappa shape index (κ2) is 6.80. The highest BCUT2D eigenvalue weighted by Crippen LogP contribution is 2.28. The van der Waals surface area contributed by atoms with E-state index in [9.17, 15) is 9.59 Å². The second-order valence-corrected chi connectivity index (χ2v) is 7.16. The Bertz CT molecular complexity index is 997. The van der Waals surface area contributed by atoms with E-state index in [0.29, 0.717) is 39.5 Å². The Morgan fingerprint density at radius 1 is 1.20 bits per heavy atom. The molecule has 1 N–H and O–H groups in total. The van der Waals surface area contributed by atoms with Crippen molar-refractivity contribution in [3.8, 4) is 0 Å². The van der Waals surface area contributed by atoms with Crippen LogP contribution in [0.25, 0.3) is 10.2 Å². The lowest BCUT2D eigenvalue weighted by atomic mass is 10.0. The number of fused-ring (bicyclic) bond motifs is 1. The Morgan fingerprint density at radius 3 is 2.52 bits per heavy atom. The number of carbonyl (C=O) groups is 1. The molecule has 3 rings (SSSR count). The summed E-state index contributed by atoms with van der Waals surface area (Å²) in [5.41, 5.74) is 3.77. The van der Waals surface area contributed by atoms with Crippen LogP contribution in [-0.2, 0) is 11.2 Å². The van der Waals surface area contributed by atoms with Gasteiger partial charge in [0, 0.05) is 6.42 Å². The molecule has 5 nitrogen and oxygen atoms in total. The lowest BCUT2D eigenvalue weighted by molar-refractivity contribution is 0.0531. The molecular formula is C19H20N2O3S. The molecule has 0 unspecified atom stereocenters. The molecule has 0 aliphatic rings. The Labute approximate surface area is 149 Å². The molecule has 0 bridgehead atoms. The van der Waals surface area contributed by atoms with Gasteiger partial charge >= 0.3 is 5.97 Å². The number of ether oxygens (including phenoxy) is 1. The summed E-state index contributed by atoms with van der Waals surface area (Å²) in [5, 5.41) is 0.470. The zero-order valence-electron chi connectivity index (χ0n) is 14.7. The molecule has 25 heavy (non-hydrogen) atoms. The molecule has 0 aliphatic carbocycles. The summed E-state index contributed by atoms with van der Waals surface area (Å²) in [7, 11) is 0. The van der Waals surface area contributed by atoms with Gasteiger partial charge < -0.3 is 9.72 Å². The highest BCUT2D eigenvalue weighted by atomic mass is 32.1. The summed E-state index contributed by atoms with van der Waals surface area (Å²) < 4.78 is 5.07. The molecule has 0 amide bonds. The van der Waals surface area contributed by atoms with Crippen LogP contribution in [0.5, 0.6) is 0 Å². The fourth-order valence-electron chi connectivity index (χ4n) is 3.04. The summed E-state index contributed by atoms with van der Waals surface area (Å²) in [6, 6.07) is 6.28. The predicted molar refractivity (Wildman–Crippen MR) is 99.7 cm³/mol. The van der Waals surface area contributed by atoms with Crippen LogP contribution in [0.2, 0.25) is 0 Å². The first kappa shape index (κ1) is 17.4. The zero-order chi connectivity index (χ0) is 18.1. The number of benzene rings is 1. The van der Waals surface area contributed by atoms with Crippen LogP contribution >= 0.6 is 11.3 Å². The SMILES string of the molecule is CCOC(=O)c1sc2[nH]c(Cc3cc(C)cc(C)c3)nc(=O)c2c1C. The molecule has 0 radical (unpaired) electrons. The lowest BCUT2D eigenvalue weighted by Gasteiger charge is -2.05. The van der Waals surface area contributed by atoms with Gasteiger partial charge in [-0.3, -0.25) is 4.79 Å². The first-order valence-electron chi connectivity index (χ1n) is 8.15. The molecule has 130 valence electrons. The summed E-state index contributed by atoms with van der Waals surface area (Å²) >= 11 is 1.25. The van der Waals surface area contributed by atoms with Gasteiger partial charge in [-0.2, -0.15) is 4.98 Å². The van der Waals surface area contributed by atoms with Crippen LogP contribution in [0.3, 0.4) is 0 Å². The quantitative estimate of drug-likeness (QED) is 0.724. The molecule has 2 heterocycles. The molecule has 0 spiro atoms. The minimum atomic E-state index is -0.398. The van der Waals surface area contributed by atoms with Crippen LogP contribution in [0.15, 0.2) is 23.0 Å². The normalized spacial score (nSPS) is 11.0. The van der Waals surface area contributed by atoms with Gasteiger partial charge in [-0.05, 0) is 38.8 Å². The van der Waals surface area contributed by atoms with E-state index in [-0.39, 0.29) is 5.56 Å². The first-order valence-corrected chi connectivity index (χ1v) is 8.97. The molecule has 0 fully saturated rings. The minimum absolute atomic E-state index is 0.302. The lowest BCUT2D eigenvalue weighted by Crippen LogP contribution is -2.12. The monoisotopic (exact) mass is 356 g/mol. The van der Waals surface area contributed by atoms with E-state index < -0.39 is 5.97 Å². The van der Waals surface area contributed by atoms with Crippen molar-refractivity contribution in [2.24, 2.45) is 0 Å². The predicted octanol–water partition coefficient (Wildman–Crippen LogP) is 3.68. The minimum Gasteiger partial charge on any atom is -0.462 e. The smallest absolute Gasteiger partial charge is 0.348 e. The van der Waals surface area contributed by atoms with E-state index in [4.69, 9.17) is 4.74 Å². The van der Waals surface area contributed by atoms with Gasteiger partial charge in [0.1, 0.15) is 15.5 Å². The number of nitrogens with one attached hydrogen (secondary N) is 1. The number of hydrogen-bond donors (Lipinski definition) is 1. The number of thiophene rings is 1. The van der Waals surface area contributed by atoms with Crippen molar-refractivity contribution in [3.05, 3.63) is 61.5 Å². The first-order chi connectivity index (χ1) is 11.9. The van der Waals surface area contributed by atoms with Crippen molar-refractivity contribution in [2.75, 3.05) is 6.61 Å². The average molecular weight is 356 g/mol. The summed E-state index contributed by atoms with van der Waals surface area (Å²) in [5.74, 6) is 0.198. The molecular weight excluding hydrogens is 336 g/mol. The van der Waals surface area contributed by atoms with Crippen LogP contribution in [-0.4, -0.2) is 22.5 Å². The number of esters is 1. The Morgan fingerprint density at radius 2 is 1.88 bits per heavy atom. The third-order valence-corrected chi connectivity index (χ3v) is 5.16. The number of carbonyl (C=O) groups excluding carboxylic acids is 1. The van der Waals surface area contributed by atoms with Crippen molar-refractivity contribution >= 4 is 27.5 Å². The number of aromatic nitrogens is 2. The van der Waals surface area contributed by atoms with Crippen LogP contribution < -0.4 is 5.56 Å². The largest absolute Gasteiger partial charge is 0.462 e. The van der Waals surface area contributed by atoms with Crippen molar-refractivity contribution in [3.63, 3.8) is 0 Å². The topological polar surface area (TPSA) is 72.1 Å². The van der Waals surface area contributed by atoms with Crippen LogP contribution in [0.1, 0.15) is 44.7 Å². The zero-order valence-corrected chi connectivity index (χ0v) is 15.5. The number of aromatic amines is 1. The van der Waals surface area contributed by atoms with E-state index in [1.165, 1.54) is 22.5 Å². The maximum absolute atomic E-state index is 12.5. The number of rotatable bonds is 4. The molecule has 2 aromatic heterocycles. The molecule has 0 saturated carbocycles. The Kier molecular flexibility index (Phi) is 4.72. The maximum atomic E-state index is 12.5. The third kappa shape index (κ3) is 3.49. The van der Waals surface area contributed by atoms with Crippen molar-refractivity contribution < 1.29 is 9.53 Å². The van der Waals surface area contributed by atoms with Crippen molar-refractivity contribution in [2.45, 2.75) is 34.1 Å². The Hall–Kier alpha value is -2.47. The van der Waals surface area contributed by atoms with Gasteiger partial charge in [0.15, 0.2) is 0 Å². The Balaban J connectivity index is 2.04.